The van der Waals surface area contributed by atoms with E-state index in [2.05, 4.69) is 40.6 Å². The van der Waals surface area contributed by atoms with Crippen LogP contribution in [0.4, 0.5) is 0 Å². The van der Waals surface area contributed by atoms with E-state index in [1.807, 2.05) is 19.1 Å². The topological polar surface area (TPSA) is 37.8 Å². The smallest absolute Gasteiger partial charge is 0.143 e. The Morgan fingerprint density at radius 1 is 1.35 bits per heavy atom. The molecule has 0 aliphatic carbocycles. The molecule has 0 aliphatic heterocycles. The molecule has 0 spiro atoms. The molecule has 4 heteroatoms. The Morgan fingerprint density at radius 2 is 2.18 bits per heavy atom. The summed E-state index contributed by atoms with van der Waals surface area (Å²) in [5, 5.41) is 5.41. The molecule has 0 aliphatic rings. The molecule has 0 saturated heterocycles. The minimum atomic E-state index is 0.448. The molecule has 2 aromatic heterocycles. The van der Waals surface area contributed by atoms with Crippen molar-refractivity contribution in [2.75, 3.05) is 0 Å². The van der Waals surface area contributed by atoms with E-state index in [1.54, 1.807) is 11.3 Å². The van der Waals surface area contributed by atoms with E-state index in [4.69, 9.17) is 0 Å². The molecule has 2 rings (SSSR count). The summed E-state index contributed by atoms with van der Waals surface area (Å²) in [6, 6.07) is 6.62. The Morgan fingerprint density at radius 3 is 2.82 bits per heavy atom. The predicted octanol–water partition coefficient (Wildman–Crippen LogP) is 3.01. The standard InChI is InChI=1S/C13H17N3S/c1-9(2)14-8-13-15-10(3)7-11(16-13)12-5-4-6-17-12/h4-7,9,14H,8H2,1-3H3. The zero-order valence-corrected chi connectivity index (χ0v) is 11.2. The third-order valence-electron chi connectivity index (χ3n) is 2.34. The van der Waals surface area contributed by atoms with Gasteiger partial charge in [-0.05, 0) is 24.4 Å². The minimum Gasteiger partial charge on any atom is -0.308 e. The SMILES string of the molecule is Cc1cc(-c2cccs2)nc(CNC(C)C)n1. The van der Waals surface area contributed by atoms with Crippen LogP contribution in [0.1, 0.15) is 25.4 Å². The molecule has 2 heterocycles. The summed E-state index contributed by atoms with van der Waals surface area (Å²) < 4.78 is 0. The number of thiophene rings is 1. The Labute approximate surface area is 106 Å². The normalized spacial score (nSPS) is 11.1. The van der Waals surface area contributed by atoms with E-state index in [-0.39, 0.29) is 0 Å². The van der Waals surface area contributed by atoms with Crippen molar-refractivity contribution in [1.82, 2.24) is 15.3 Å². The van der Waals surface area contributed by atoms with Crippen molar-refractivity contribution in [3.63, 3.8) is 0 Å². The van der Waals surface area contributed by atoms with E-state index in [1.165, 1.54) is 4.88 Å². The van der Waals surface area contributed by atoms with Crippen molar-refractivity contribution in [2.24, 2.45) is 0 Å². The molecule has 0 amide bonds. The van der Waals surface area contributed by atoms with Gasteiger partial charge >= 0.3 is 0 Å². The lowest BCUT2D eigenvalue weighted by atomic mass is 10.3. The molecule has 0 unspecified atom stereocenters. The molecule has 3 nitrogen and oxygen atoms in total. The van der Waals surface area contributed by atoms with Crippen LogP contribution in [-0.2, 0) is 6.54 Å². The van der Waals surface area contributed by atoms with Crippen LogP contribution in [0.2, 0.25) is 0 Å². The van der Waals surface area contributed by atoms with Crippen LogP contribution in [0.25, 0.3) is 10.6 Å². The molecule has 0 bridgehead atoms. The maximum atomic E-state index is 4.58. The van der Waals surface area contributed by atoms with Crippen LogP contribution in [0, 0.1) is 6.92 Å². The molecule has 0 atom stereocenters. The lowest BCUT2D eigenvalue weighted by Gasteiger charge is -2.08. The van der Waals surface area contributed by atoms with E-state index >= 15 is 0 Å². The summed E-state index contributed by atoms with van der Waals surface area (Å²) in [5.74, 6) is 0.863. The van der Waals surface area contributed by atoms with Crippen LogP contribution >= 0.6 is 11.3 Å². The van der Waals surface area contributed by atoms with Gasteiger partial charge in [-0.15, -0.1) is 11.3 Å². The number of nitrogens with one attached hydrogen (secondary N) is 1. The molecule has 1 N–H and O–H groups in total. The quantitative estimate of drug-likeness (QED) is 0.902. The van der Waals surface area contributed by atoms with Crippen LogP contribution in [-0.4, -0.2) is 16.0 Å². The first-order valence-electron chi connectivity index (χ1n) is 5.77. The van der Waals surface area contributed by atoms with Crippen LogP contribution in [0.15, 0.2) is 23.6 Å². The van der Waals surface area contributed by atoms with Gasteiger partial charge in [0.15, 0.2) is 0 Å². The van der Waals surface area contributed by atoms with Gasteiger partial charge in [0.2, 0.25) is 0 Å². The van der Waals surface area contributed by atoms with Gasteiger partial charge in [-0.25, -0.2) is 9.97 Å². The molecular weight excluding hydrogens is 230 g/mol. The van der Waals surface area contributed by atoms with E-state index in [9.17, 15) is 0 Å². The molecule has 0 aromatic carbocycles. The minimum absolute atomic E-state index is 0.448. The molecule has 90 valence electrons. The fourth-order valence-corrected chi connectivity index (χ4v) is 2.24. The number of hydrogen-bond acceptors (Lipinski definition) is 4. The third-order valence-corrected chi connectivity index (χ3v) is 3.23. The van der Waals surface area contributed by atoms with Crippen molar-refractivity contribution in [1.29, 1.82) is 0 Å². The highest BCUT2D eigenvalue weighted by Gasteiger charge is 2.05. The zero-order valence-electron chi connectivity index (χ0n) is 10.4. The second-order valence-corrected chi connectivity index (χ2v) is 5.27. The summed E-state index contributed by atoms with van der Waals surface area (Å²) in [5.41, 5.74) is 2.04. The van der Waals surface area contributed by atoms with Gasteiger partial charge < -0.3 is 5.32 Å². The van der Waals surface area contributed by atoms with Gasteiger partial charge in [-0.1, -0.05) is 19.9 Å². The number of nitrogens with zero attached hydrogens (tertiary/aromatic N) is 2. The van der Waals surface area contributed by atoms with Gasteiger partial charge in [-0.3, -0.25) is 0 Å². The number of aryl methyl sites for hydroxylation is 1. The molecule has 0 radical (unpaired) electrons. The lowest BCUT2D eigenvalue weighted by Crippen LogP contribution is -2.23. The van der Waals surface area contributed by atoms with Gasteiger partial charge in [0.05, 0.1) is 17.1 Å². The number of hydrogen-bond donors (Lipinski definition) is 1. The fraction of sp³-hybridized carbons (Fsp3) is 0.385. The molecule has 0 saturated carbocycles. The van der Waals surface area contributed by atoms with Crippen molar-refractivity contribution in [3.05, 3.63) is 35.1 Å². The van der Waals surface area contributed by atoms with Gasteiger partial charge in [0, 0.05) is 11.7 Å². The third kappa shape index (κ3) is 3.35. The van der Waals surface area contributed by atoms with Gasteiger partial charge in [0.25, 0.3) is 0 Å². The Balaban J connectivity index is 2.24. The van der Waals surface area contributed by atoms with Gasteiger partial charge in [0.1, 0.15) is 5.82 Å². The molecule has 0 fully saturated rings. The maximum absolute atomic E-state index is 4.58. The van der Waals surface area contributed by atoms with Crippen molar-refractivity contribution in [3.8, 4) is 10.6 Å². The largest absolute Gasteiger partial charge is 0.308 e. The van der Waals surface area contributed by atoms with Crippen molar-refractivity contribution in [2.45, 2.75) is 33.4 Å². The van der Waals surface area contributed by atoms with E-state index in [0.717, 1.165) is 23.8 Å². The summed E-state index contributed by atoms with van der Waals surface area (Å²) in [6.07, 6.45) is 0. The van der Waals surface area contributed by atoms with Crippen molar-refractivity contribution >= 4 is 11.3 Å². The molecule has 17 heavy (non-hydrogen) atoms. The van der Waals surface area contributed by atoms with Crippen molar-refractivity contribution < 1.29 is 0 Å². The average Bonchev–Trinajstić information content (AvgIpc) is 2.79. The second kappa shape index (κ2) is 5.38. The second-order valence-electron chi connectivity index (χ2n) is 4.32. The number of aromatic nitrogens is 2. The first kappa shape index (κ1) is 12.2. The summed E-state index contributed by atoms with van der Waals surface area (Å²) in [6.45, 7) is 6.97. The first-order valence-corrected chi connectivity index (χ1v) is 6.65. The highest BCUT2D eigenvalue weighted by Crippen LogP contribution is 2.22. The highest BCUT2D eigenvalue weighted by atomic mass is 32.1. The Kier molecular flexibility index (Phi) is 3.86. The fourth-order valence-electron chi connectivity index (χ4n) is 1.56. The van der Waals surface area contributed by atoms with E-state index in [0.29, 0.717) is 6.04 Å². The predicted molar refractivity (Wildman–Crippen MR) is 72.1 cm³/mol. The highest BCUT2D eigenvalue weighted by molar-refractivity contribution is 7.13. The monoisotopic (exact) mass is 247 g/mol. The summed E-state index contributed by atoms with van der Waals surface area (Å²) in [4.78, 5) is 10.2. The average molecular weight is 247 g/mol. The maximum Gasteiger partial charge on any atom is 0.143 e. The van der Waals surface area contributed by atoms with E-state index < -0.39 is 0 Å². The summed E-state index contributed by atoms with van der Waals surface area (Å²) in [7, 11) is 0. The summed E-state index contributed by atoms with van der Waals surface area (Å²) >= 11 is 1.71. The van der Waals surface area contributed by atoms with Crippen LogP contribution in [0.3, 0.4) is 0 Å². The number of rotatable bonds is 4. The van der Waals surface area contributed by atoms with Crippen LogP contribution < -0.4 is 5.32 Å². The lowest BCUT2D eigenvalue weighted by molar-refractivity contribution is 0.571. The Hall–Kier alpha value is -1.26. The molecule has 2 aromatic rings. The van der Waals surface area contributed by atoms with Crippen LogP contribution in [0.5, 0.6) is 0 Å². The Bertz CT molecular complexity index is 477. The van der Waals surface area contributed by atoms with Gasteiger partial charge in [-0.2, -0.15) is 0 Å². The zero-order chi connectivity index (χ0) is 12.3. The molecular formula is C13H17N3S. The first-order chi connectivity index (χ1) is 8.15.